The molecular formula is C20H28N4O3S. The molecular weight excluding hydrogens is 376 g/mol. The second-order valence-electron chi connectivity index (χ2n) is 7.12. The van der Waals surface area contributed by atoms with Gasteiger partial charge in [0.05, 0.1) is 13.2 Å². The van der Waals surface area contributed by atoms with Gasteiger partial charge in [0.1, 0.15) is 16.5 Å². The Labute approximate surface area is 167 Å². The highest BCUT2D eigenvalue weighted by molar-refractivity contribution is 7.89. The lowest BCUT2D eigenvalue weighted by Crippen LogP contribution is -2.47. The number of piperazine rings is 1. The fraction of sp³-hybridized carbons (Fsp3) is 0.450. The highest BCUT2D eigenvalue weighted by atomic mass is 32.2. The minimum absolute atomic E-state index is 0.0819. The van der Waals surface area contributed by atoms with Crippen LogP contribution >= 0.6 is 0 Å². The zero-order valence-electron chi connectivity index (χ0n) is 16.9. The lowest BCUT2D eigenvalue weighted by Gasteiger charge is -2.31. The number of pyridine rings is 1. The first kappa shape index (κ1) is 20.6. The highest BCUT2D eigenvalue weighted by Gasteiger charge is 2.28. The van der Waals surface area contributed by atoms with Crippen LogP contribution in [0.25, 0.3) is 0 Å². The van der Waals surface area contributed by atoms with Crippen LogP contribution in [0.2, 0.25) is 0 Å². The summed E-state index contributed by atoms with van der Waals surface area (Å²) in [5.74, 6) is 1.54. The molecule has 0 bridgehead atoms. The summed E-state index contributed by atoms with van der Waals surface area (Å²) in [7, 11) is 2.10. The van der Waals surface area contributed by atoms with Crippen molar-refractivity contribution in [1.82, 2.24) is 14.2 Å². The second-order valence-corrected chi connectivity index (χ2v) is 9.06. The van der Waals surface area contributed by atoms with Gasteiger partial charge in [0, 0.05) is 39.4 Å². The Kier molecular flexibility index (Phi) is 6.22. The van der Waals surface area contributed by atoms with Crippen LogP contribution in [-0.2, 0) is 10.0 Å². The average molecular weight is 405 g/mol. The molecule has 1 fully saturated rings. The molecule has 0 aliphatic carbocycles. The first-order chi connectivity index (χ1) is 13.3. The molecule has 1 aromatic carbocycles. The van der Waals surface area contributed by atoms with Gasteiger partial charge in [0.25, 0.3) is 0 Å². The molecule has 1 saturated heterocycles. The quantitative estimate of drug-likeness (QED) is 0.736. The molecule has 1 unspecified atom stereocenters. The maximum Gasteiger partial charge on any atom is 0.244 e. The molecule has 0 saturated carbocycles. The minimum atomic E-state index is -3.50. The largest absolute Gasteiger partial charge is 0.497 e. The van der Waals surface area contributed by atoms with E-state index in [1.54, 1.807) is 19.2 Å². The fourth-order valence-electron chi connectivity index (χ4n) is 3.22. The first-order valence-electron chi connectivity index (χ1n) is 9.34. The van der Waals surface area contributed by atoms with Crippen molar-refractivity contribution in [3.05, 3.63) is 48.2 Å². The van der Waals surface area contributed by atoms with Gasteiger partial charge in [-0.3, -0.25) is 0 Å². The molecule has 0 amide bonds. The third-order valence-electron chi connectivity index (χ3n) is 5.36. The van der Waals surface area contributed by atoms with Crippen molar-refractivity contribution in [2.45, 2.75) is 17.9 Å². The number of ether oxygens (including phenoxy) is 1. The van der Waals surface area contributed by atoms with Crippen molar-refractivity contribution >= 4 is 15.8 Å². The predicted molar refractivity (Wildman–Crippen MR) is 110 cm³/mol. The Hall–Kier alpha value is -2.16. The van der Waals surface area contributed by atoms with Crippen LogP contribution in [0.5, 0.6) is 5.75 Å². The van der Waals surface area contributed by atoms with Gasteiger partial charge in [-0.05, 0) is 43.8 Å². The monoisotopic (exact) mass is 404 g/mol. The van der Waals surface area contributed by atoms with Crippen LogP contribution in [0.1, 0.15) is 18.5 Å². The summed E-state index contributed by atoms with van der Waals surface area (Å²) in [5.41, 5.74) is 1.12. The van der Waals surface area contributed by atoms with Gasteiger partial charge >= 0.3 is 0 Å². The van der Waals surface area contributed by atoms with Crippen molar-refractivity contribution in [2.75, 3.05) is 52.3 Å². The van der Waals surface area contributed by atoms with Crippen molar-refractivity contribution in [1.29, 1.82) is 0 Å². The van der Waals surface area contributed by atoms with Gasteiger partial charge in [-0.25, -0.2) is 13.4 Å². The highest BCUT2D eigenvalue weighted by Crippen LogP contribution is 2.26. The Balaban J connectivity index is 1.73. The Morgan fingerprint density at radius 3 is 2.25 bits per heavy atom. The van der Waals surface area contributed by atoms with E-state index >= 15 is 0 Å². The molecule has 0 spiro atoms. The molecule has 8 heteroatoms. The van der Waals surface area contributed by atoms with Crippen molar-refractivity contribution < 1.29 is 13.2 Å². The van der Waals surface area contributed by atoms with E-state index in [2.05, 4.69) is 16.8 Å². The topological polar surface area (TPSA) is 66.0 Å². The summed E-state index contributed by atoms with van der Waals surface area (Å²) in [5, 5.41) is 0. The molecule has 1 aliphatic heterocycles. The first-order valence-corrected chi connectivity index (χ1v) is 10.8. The van der Waals surface area contributed by atoms with E-state index in [-0.39, 0.29) is 10.9 Å². The van der Waals surface area contributed by atoms with Gasteiger partial charge in [-0.2, -0.15) is 4.31 Å². The Bertz CT molecular complexity index is 877. The number of benzene rings is 1. The summed E-state index contributed by atoms with van der Waals surface area (Å²) in [6.07, 6.45) is 1.46. The van der Waals surface area contributed by atoms with Gasteiger partial charge in [-0.15, -0.1) is 0 Å². The number of aromatic nitrogens is 1. The van der Waals surface area contributed by atoms with Crippen LogP contribution in [0.3, 0.4) is 0 Å². The number of hydrogen-bond donors (Lipinski definition) is 0. The molecule has 28 heavy (non-hydrogen) atoms. The summed E-state index contributed by atoms with van der Waals surface area (Å²) in [4.78, 5) is 8.81. The molecule has 0 N–H and O–H groups in total. The van der Waals surface area contributed by atoms with E-state index < -0.39 is 10.0 Å². The Morgan fingerprint density at radius 2 is 1.71 bits per heavy atom. The summed E-state index contributed by atoms with van der Waals surface area (Å²) >= 11 is 0. The van der Waals surface area contributed by atoms with E-state index in [9.17, 15) is 8.42 Å². The number of sulfonamides is 1. The van der Waals surface area contributed by atoms with Gasteiger partial charge in [0.2, 0.25) is 10.0 Å². The second kappa shape index (κ2) is 8.46. The lowest BCUT2D eigenvalue weighted by atomic mass is 10.1. The molecule has 1 aromatic heterocycles. The number of hydrogen-bond acceptors (Lipinski definition) is 6. The average Bonchev–Trinajstić information content (AvgIpc) is 2.73. The fourth-order valence-corrected chi connectivity index (χ4v) is 4.58. The van der Waals surface area contributed by atoms with Crippen molar-refractivity contribution in [3.63, 3.8) is 0 Å². The zero-order chi connectivity index (χ0) is 20.3. The van der Waals surface area contributed by atoms with E-state index in [0.29, 0.717) is 13.1 Å². The normalized spacial score (nSPS) is 17.3. The molecule has 1 atom stereocenters. The van der Waals surface area contributed by atoms with Crippen LogP contribution < -0.4 is 9.64 Å². The Morgan fingerprint density at radius 1 is 1.07 bits per heavy atom. The van der Waals surface area contributed by atoms with Gasteiger partial charge < -0.3 is 14.5 Å². The SMILES string of the molecule is COc1ccc(C(C)N(C)c2ccc(S(=O)(=O)N3CCN(C)CC3)cn2)cc1. The molecule has 7 nitrogen and oxygen atoms in total. The van der Waals surface area contributed by atoms with Crippen molar-refractivity contribution in [3.8, 4) is 5.75 Å². The minimum Gasteiger partial charge on any atom is -0.497 e. The number of rotatable bonds is 6. The maximum absolute atomic E-state index is 12.8. The summed E-state index contributed by atoms with van der Waals surface area (Å²) in [6.45, 7) is 4.59. The number of likely N-dealkylation sites (N-methyl/N-ethyl adjacent to an activating group) is 1. The molecule has 1 aliphatic rings. The van der Waals surface area contributed by atoms with Crippen LogP contribution in [0.4, 0.5) is 5.82 Å². The molecule has 2 heterocycles. The summed E-state index contributed by atoms with van der Waals surface area (Å²) < 4.78 is 32.4. The van der Waals surface area contributed by atoms with Crippen LogP contribution in [-0.4, -0.2) is 70.0 Å². The molecule has 2 aromatic rings. The van der Waals surface area contributed by atoms with E-state index in [1.807, 2.05) is 43.3 Å². The van der Waals surface area contributed by atoms with E-state index in [4.69, 9.17) is 4.74 Å². The number of nitrogens with zero attached hydrogens (tertiary/aromatic N) is 4. The molecule has 3 rings (SSSR count). The molecule has 0 radical (unpaired) electrons. The standard InChI is InChI=1S/C20H28N4O3S/c1-16(17-5-7-18(27-4)8-6-17)23(3)20-10-9-19(15-21-20)28(25,26)24-13-11-22(2)12-14-24/h5-10,15-16H,11-14H2,1-4H3. The lowest BCUT2D eigenvalue weighted by molar-refractivity contribution is 0.222. The summed E-state index contributed by atoms with van der Waals surface area (Å²) in [6, 6.07) is 11.4. The van der Waals surface area contributed by atoms with Crippen LogP contribution in [0, 0.1) is 0 Å². The van der Waals surface area contributed by atoms with Crippen molar-refractivity contribution in [2.24, 2.45) is 0 Å². The van der Waals surface area contributed by atoms with E-state index in [0.717, 1.165) is 30.2 Å². The third kappa shape index (κ3) is 4.29. The molecule has 152 valence electrons. The number of methoxy groups -OCH3 is 1. The third-order valence-corrected chi connectivity index (χ3v) is 7.24. The predicted octanol–water partition coefficient (Wildman–Crippen LogP) is 2.22. The maximum atomic E-state index is 12.8. The smallest absolute Gasteiger partial charge is 0.244 e. The van der Waals surface area contributed by atoms with Gasteiger partial charge in [0.15, 0.2) is 0 Å². The number of anilines is 1. The van der Waals surface area contributed by atoms with E-state index in [1.165, 1.54) is 10.5 Å². The van der Waals surface area contributed by atoms with Crippen LogP contribution in [0.15, 0.2) is 47.5 Å². The van der Waals surface area contributed by atoms with Gasteiger partial charge in [-0.1, -0.05) is 12.1 Å². The zero-order valence-corrected chi connectivity index (χ0v) is 17.7.